The van der Waals surface area contributed by atoms with E-state index < -0.39 is 23.9 Å². The maximum absolute atomic E-state index is 9.66. The van der Waals surface area contributed by atoms with Gasteiger partial charge < -0.3 is 39.6 Å². The average Bonchev–Trinajstić information content (AvgIpc) is 2.15. The summed E-state index contributed by atoms with van der Waals surface area (Å²) in [5.74, 6) is -4.90. The molecular formula is C10H12O8Ti. The summed E-state index contributed by atoms with van der Waals surface area (Å²) in [6.07, 6.45) is -0.681. The van der Waals surface area contributed by atoms with Crippen molar-refractivity contribution in [2.24, 2.45) is 0 Å². The Morgan fingerprint density at radius 1 is 0.526 bits per heavy atom. The summed E-state index contributed by atoms with van der Waals surface area (Å²) in [5, 5.41) is 38.6. The van der Waals surface area contributed by atoms with Crippen molar-refractivity contribution in [3.05, 3.63) is 0 Å². The van der Waals surface area contributed by atoms with Gasteiger partial charge in [-0.25, -0.2) is 0 Å². The molecule has 0 aliphatic rings. The van der Waals surface area contributed by atoms with Crippen LogP contribution in [-0.2, 0) is 40.9 Å². The molecule has 0 spiro atoms. The molecule has 0 aliphatic heterocycles. The fourth-order valence-corrected chi connectivity index (χ4v) is 0.754. The first-order valence-corrected chi connectivity index (χ1v) is 5.05. The number of hydrogen-bond acceptors (Lipinski definition) is 8. The van der Waals surface area contributed by atoms with Crippen LogP contribution in [0.2, 0.25) is 0 Å². The molecule has 0 fully saturated rings. The van der Waals surface area contributed by atoms with Crippen molar-refractivity contribution in [2.45, 2.75) is 38.5 Å². The Bertz CT molecular complexity index is 244. The van der Waals surface area contributed by atoms with E-state index in [0.717, 1.165) is 0 Å². The smallest absolute Gasteiger partial charge is 0.550 e. The Morgan fingerprint density at radius 3 is 0.789 bits per heavy atom. The van der Waals surface area contributed by atoms with Crippen molar-refractivity contribution in [1.82, 2.24) is 0 Å². The molecular weight excluding hydrogens is 296 g/mol. The van der Waals surface area contributed by atoms with Gasteiger partial charge in [0.05, 0.1) is 0 Å². The number of carboxylic acids is 4. The average molecular weight is 308 g/mol. The SMILES string of the molecule is O=C([O-])CCCC(=O)[O-].O=C([O-])CCCC(=O)[O-].[Ti+4]. The zero-order valence-electron chi connectivity index (χ0n) is 10.0. The van der Waals surface area contributed by atoms with E-state index in [1.165, 1.54) is 0 Å². The molecule has 0 saturated heterocycles. The van der Waals surface area contributed by atoms with E-state index in [9.17, 15) is 39.6 Å². The van der Waals surface area contributed by atoms with Gasteiger partial charge in [-0.2, -0.15) is 0 Å². The fraction of sp³-hybridized carbons (Fsp3) is 0.600. The Labute approximate surface area is 124 Å². The molecule has 0 heterocycles. The van der Waals surface area contributed by atoms with Crippen LogP contribution in [0.1, 0.15) is 38.5 Å². The Balaban J connectivity index is -0.000000256. The normalized spacial score (nSPS) is 8.42. The topological polar surface area (TPSA) is 161 Å². The minimum atomic E-state index is -1.23. The van der Waals surface area contributed by atoms with Gasteiger partial charge in [0.1, 0.15) is 0 Å². The van der Waals surface area contributed by atoms with Gasteiger partial charge in [0.2, 0.25) is 0 Å². The van der Waals surface area contributed by atoms with Crippen molar-refractivity contribution >= 4 is 23.9 Å². The van der Waals surface area contributed by atoms with Crippen LogP contribution in [0.15, 0.2) is 0 Å². The van der Waals surface area contributed by atoms with Crippen LogP contribution in [-0.4, -0.2) is 23.9 Å². The number of aliphatic carboxylic acids is 4. The van der Waals surface area contributed by atoms with Gasteiger partial charge in [-0.05, 0) is 38.5 Å². The molecule has 0 aromatic heterocycles. The fourth-order valence-electron chi connectivity index (χ4n) is 0.754. The standard InChI is InChI=1S/2C5H8O4.Ti/c2*6-4(7)2-1-3-5(8)9;/h2*1-3H2,(H,6,7)(H,8,9);/q;;+4/p-4. The molecule has 0 aliphatic carbocycles. The quantitative estimate of drug-likeness (QED) is 0.404. The first-order valence-electron chi connectivity index (χ1n) is 5.05. The van der Waals surface area contributed by atoms with Crippen LogP contribution < -0.4 is 20.4 Å². The second kappa shape index (κ2) is 14.7. The molecule has 0 atom stereocenters. The van der Waals surface area contributed by atoms with Crippen molar-refractivity contribution in [1.29, 1.82) is 0 Å². The molecule has 9 heteroatoms. The van der Waals surface area contributed by atoms with Crippen LogP contribution in [0.5, 0.6) is 0 Å². The van der Waals surface area contributed by atoms with Crippen LogP contribution >= 0.6 is 0 Å². The third-order valence-corrected chi connectivity index (χ3v) is 1.52. The molecule has 8 nitrogen and oxygen atoms in total. The van der Waals surface area contributed by atoms with E-state index in [0.29, 0.717) is 0 Å². The molecule has 0 bridgehead atoms. The van der Waals surface area contributed by atoms with E-state index in [1.807, 2.05) is 0 Å². The molecule has 19 heavy (non-hydrogen) atoms. The molecule has 0 aromatic carbocycles. The molecule has 0 unspecified atom stereocenters. The molecule has 0 saturated carbocycles. The van der Waals surface area contributed by atoms with Gasteiger partial charge in [-0.15, -0.1) is 0 Å². The molecule has 0 aromatic rings. The Kier molecular flexibility index (Phi) is 17.5. The van der Waals surface area contributed by atoms with Crippen LogP contribution in [0.25, 0.3) is 0 Å². The van der Waals surface area contributed by atoms with Crippen LogP contribution in [0.3, 0.4) is 0 Å². The summed E-state index contributed by atoms with van der Waals surface area (Å²) in [4.78, 5) is 38.6. The number of rotatable bonds is 8. The summed E-state index contributed by atoms with van der Waals surface area (Å²) in [6.45, 7) is 0. The molecule has 0 rings (SSSR count). The maximum atomic E-state index is 9.66. The predicted octanol–water partition coefficient (Wildman–Crippen LogP) is -4.69. The molecule has 0 N–H and O–H groups in total. The summed E-state index contributed by atoms with van der Waals surface area (Å²) in [7, 11) is 0. The molecule has 0 amide bonds. The number of hydrogen-bond donors (Lipinski definition) is 0. The zero-order chi connectivity index (χ0) is 14.6. The number of carbonyl (C=O) groups excluding carboxylic acids is 4. The number of carboxylic acid groups (broad SMARTS) is 4. The van der Waals surface area contributed by atoms with Gasteiger partial charge in [-0.3, -0.25) is 0 Å². The van der Waals surface area contributed by atoms with E-state index in [1.54, 1.807) is 0 Å². The summed E-state index contributed by atoms with van der Waals surface area (Å²) >= 11 is 0. The van der Waals surface area contributed by atoms with Crippen molar-refractivity contribution in [2.75, 3.05) is 0 Å². The monoisotopic (exact) mass is 308 g/mol. The molecule has 0 radical (unpaired) electrons. The zero-order valence-corrected chi connectivity index (χ0v) is 11.6. The predicted molar refractivity (Wildman–Crippen MR) is 47.7 cm³/mol. The van der Waals surface area contributed by atoms with Gasteiger partial charge >= 0.3 is 21.7 Å². The first-order chi connectivity index (χ1) is 8.25. The summed E-state index contributed by atoms with van der Waals surface area (Å²) in [5.41, 5.74) is 0. The first kappa shape index (κ1) is 22.7. The van der Waals surface area contributed by atoms with E-state index in [2.05, 4.69) is 0 Å². The van der Waals surface area contributed by atoms with E-state index >= 15 is 0 Å². The minimum Gasteiger partial charge on any atom is -0.550 e. The van der Waals surface area contributed by atoms with Crippen LogP contribution in [0.4, 0.5) is 0 Å². The van der Waals surface area contributed by atoms with Crippen molar-refractivity contribution in [3.8, 4) is 0 Å². The molecule has 104 valence electrons. The Hall–Kier alpha value is -1.41. The second-order valence-electron chi connectivity index (χ2n) is 3.20. The van der Waals surface area contributed by atoms with Gasteiger partial charge in [0, 0.05) is 23.9 Å². The van der Waals surface area contributed by atoms with E-state index in [-0.39, 0.29) is 60.2 Å². The number of carbonyl (C=O) groups is 4. The second-order valence-corrected chi connectivity index (χ2v) is 3.20. The third kappa shape index (κ3) is 31.5. The van der Waals surface area contributed by atoms with Gasteiger partial charge in [-0.1, -0.05) is 0 Å². The largest absolute Gasteiger partial charge is 4.00 e. The van der Waals surface area contributed by atoms with Crippen molar-refractivity contribution in [3.63, 3.8) is 0 Å². The van der Waals surface area contributed by atoms with Crippen LogP contribution in [0, 0.1) is 0 Å². The third-order valence-electron chi connectivity index (χ3n) is 1.52. The van der Waals surface area contributed by atoms with Crippen molar-refractivity contribution < 1.29 is 61.3 Å². The van der Waals surface area contributed by atoms with Gasteiger partial charge in [0.15, 0.2) is 0 Å². The Morgan fingerprint density at radius 2 is 0.684 bits per heavy atom. The minimum absolute atomic E-state index is 0. The van der Waals surface area contributed by atoms with E-state index in [4.69, 9.17) is 0 Å². The van der Waals surface area contributed by atoms with Gasteiger partial charge in [0.25, 0.3) is 0 Å². The summed E-state index contributed by atoms with van der Waals surface area (Å²) in [6, 6.07) is 0. The maximum Gasteiger partial charge on any atom is 4.00 e. The summed E-state index contributed by atoms with van der Waals surface area (Å²) < 4.78 is 0.